The van der Waals surface area contributed by atoms with Gasteiger partial charge in [-0.1, -0.05) is 54.1 Å². The Labute approximate surface area is 155 Å². The Kier molecular flexibility index (Phi) is 4.19. The predicted octanol–water partition coefficient (Wildman–Crippen LogP) is 4.17. The minimum atomic E-state index is -0.285. The van der Waals surface area contributed by atoms with Gasteiger partial charge in [-0.2, -0.15) is 0 Å². The number of allylic oxidation sites excluding steroid dienone is 1. The first kappa shape index (κ1) is 16.4. The molecule has 1 N–H and O–H groups in total. The van der Waals surface area contributed by atoms with E-state index in [0.29, 0.717) is 23.3 Å². The molecular weight excluding hydrogens is 350 g/mol. The van der Waals surface area contributed by atoms with Gasteiger partial charge in [-0.15, -0.1) is 0 Å². The molecule has 1 unspecified atom stereocenters. The molecule has 3 aromatic rings. The number of aldehydes is 2. The topological polar surface area (TPSA) is 55.4 Å². The maximum absolute atomic E-state index is 11.2. The minimum absolute atomic E-state index is 0.0669. The zero-order valence-corrected chi connectivity index (χ0v) is 14.4. The molecule has 128 valence electrons. The summed E-state index contributed by atoms with van der Waals surface area (Å²) < 4.78 is 5.84. The third-order valence-electron chi connectivity index (χ3n) is 4.43. The largest absolute Gasteiger partial charge is 0.440 e. The molecule has 3 aromatic carbocycles. The van der Waals surface area contributed by atoms with Gasteiger partial charge in [0.25, 0.3) is 0 Å². The number of carbonyl (C=O) groups is 2. The van der Waals surface area contributed by atoms with Gasteiger partial charge < -0.3 is 10.1 Å². The van der Waals surface area contributed by atoms with Crippen LogP contribution in [-0.2, 0) is 9.59 Å². The average molecular weight is 364 g/mol. The summed E-state index contributed by atoms with van der Waals surface area (Å²) >= 11 is 6.02. The van der Waals surface area contributed by atoms with E-state index in [1.807, 2.05) is 60.7 Å². The van der Waals surface area contributed by atoms with E-state index >= 15 is 0 Å². The van der Waals surface area contributed by atoms with E-state index in [2.05, 4.69) is 5.32 Å². The molecule has 5 heteroatoms. The number of hydrogen-bond acceptors (Lipinski definition) is 4. The fraction of sp³-hybridized carbons (Fsp3) is 0.0476. The van der Waals surface area contributed by atoms with Crippen molar-refractivity contribution in [1.82, 2.24) is 5.32 Å². The fourth-order valence-corrected chi connectivity index (χ4v) is 3.31. The molecule has 0 fully saturated rings. The van der Waals surface area contributed by atoms with Gasteiger partial charge in [0.05, 0.1) is 6.04 Å². The van der Waals surface area contributed by atoms with E-state index in [1.165, 1.54) is 0 Å². The van der Waals surface area contributed by atoms with Crippen LogP contribution in [0.3, 0.4) is 0 Å². The van der Waals surface area contributed by atoms with Crippen LogP contribution >= 0.6 is 11.6 Å². The van der Waals surface area contributed by atoms with Gasteiger partial charge in [-0.05, 0) is 34.5 Å². The molecular formula is C21H14ClNO3. The third kappa shape index (κ3) is 2.74. The Bertz CT molecular complexity index is 1030. The standard InChI is InChI=1S/C21H14ClNO3/c22-16-8-5-14(6-9-16)20-19-17-4-2-1-3-13(17)7-10-18(19)26-21(23-20)15(11-24)12-25/h1-12,20,23H. The molecule has 0 aliphatic carbocycles. The summed E-state index contributed by atoms with van der Waals surface area (Å²) in [7, 11) is 0. The van der Waals surface area contributed by atoms with Crippen molar-refractivity contribution >= 4 is 34.9 Å². The molecule has 0 spiro atoms. The summed E-state index contributed by atoms with van der Waals surface area (Å²) in [6, 6.07) is 19.0. The van der Waals surface area contributed by atoms with Gasteiger partial charge in [-0.25, -0.2) is 0 Å². The summed E-state index contributed by atoms with van der Waals surface area (Å²) in [5, 5.41) is 5.94. The maximum Gasteiger partial charge on any atom is 0.208 e. The smallest absolute Gasteiger partial charge is 0.208 e. The van der Waals surface area contributed by atoms with E-state index in [9.17, 15) is 9.59 Å². The number of halogens is 1. The lowest BCUT2D eigenvalue weighted by molar-refractivity contribution is -0.110. The first-order valence-electron chi connectivity index (χ1n) is 8.07. The number of fused-ring (bicyclic) bond motifs is 3. The Morgan fingerprint density at radius 1 is 0.962 bits per heavy atom. The highest BCUT2D eigenvalue weighted by molar-refractivity contribution is 6.30. The molecule has 0 saturated heterocycles. The van der Waals surface area contributed by atoms with E-state index in [-0.39, 0.29) is 17.5 Å². The molecule has 0 saturated carbocycles. The van der Waals surface area contributed by atoms with Crippen LogP contribution in [0.15, 0.2) is 72.1 Å². The van der Waals surface area contributed by atoms with Gasteiger partial charge in [0.1, 0.15) is 11.3 Å². The molecule has 0 amide bonds. The lowest BCUT2D eigenvalue weighted by atomic mass is 9.91. The monoisotopic (exact) mass is 363 g/mol. The van der Waals surface area contributed by atoms with Gasteiger partial charge in [0, 0.05) is 10.6 Å². The molecule has 0 bridgehead atoms. The van der Waals surface area contributed by atoms with E-state index in [4.69, 9.17) is 16.3 Å². The lowest BCUT2D eigenvalue weighted by Crippen LogP contribution is -2.32. The van der Waals surface area contributed by atoms with Crippen molar-refractivity contribution in [2.75, 3.05) is 0 Å². The quantitative estimate of drug-likeness (QED) is 0.328. The zero-order valence-electron chi connectivity index (χ0n) is 13.6. The average Bonchev–Trinajstić information content (AvgIpc) is 2.69. The Morgan fingerprint density at radius 2 is 1.69 bits per heavy atom. The highest BCUT2D eigenvalue weighted by atomic mass is 35.5. The predicted molar refractivity (Wildman–Crippen MR) is 100 cm³/mol. The summed E-state index contributed by atoms with van der Waals surface area (Å²) in [6.07, 6.45) is 0.973. The van der Waals surface area contributed by atoms with Crippen molar-refractivity contribution in [3.63, 3.8) is 0 Å². The van der Waals surface area contributed by atoms with Gasteiger partial charge >= 0.3 is 0 Å². The van der Waals surface area contributed by atoms with Crippen LogP contribution in [0.1, 0.15) is 17.2 Å². The van der Waals surface area contributed by atoms with Crippen LogP contribution < -0.4 is 10.1 Å². The number of ether oxygens (including phenoxy) is 1. The Hall–Kier alpha value is -3.11. The molecule has 1 atom stereocenters. The summed E-state index contributed by atoms with van der Waals surface area (Å²) in [5.74, 6) is 0.760. The molecule has 4 nitrogen and oxygen atoms in total. The number of rotatable bonds is 3. The first-order valence-corrected chi connectivity index (χ1v) is 8.45. The van der Waals surface area contributed by atoms with Crippen LogP contribution in [0.25, 0.3) is 10.8 Å². The van der Waals surface area contributed by atoms with Crippen molar-refractivity contribution in [2.45, 2.75) is 6.04 Å². The van der Waals surface area contributed by atoms with Crippen LogP contribution in [0, 0.1) is 0 Å². The van der Waals surface area contributed by atoms with Crippen molar-refractivity contribution in [3.05, 3.63) is 88.3 Å². The van der Waals surface area contributed by atoms with E-state index < -0.39 is 0 Å². The van der Waals surface area contributed by atoms with Crippen molar-refractivity contribution in [2.24, 2.45) is 0 Å². The van der Waals surface area contributed by atoms with Gasteiger partial charge in [0.15, 0.2) is 12.6 Å². The van der Waals surface area contributed by atoms with Crippen LogP contribution in [-0.4, -0.2) is 12.6 Å². The number of benzene rings is 3. The number of carbonyl (C=O) groups excluding carboxylic acids is 2. The number of nitrogens with one attached hydrogen (secondary N) is 1. The second-order valence-electron chi connectivity index (χ2n) is 5.95. The SMILES string of the molecule is O=CC(C=O)=C1NC(c2ccc(Cl)cc2)c2c(ccc3ccccc23)O1. The molecule has 0 radical (unpaired) electrons. The lowest BCUT2D eigenvalue weighted by Gasteiger charge is -2.31. The normalized spacial score (nSPS) is 15.6. The van der Waals surface area contributed by atoms with Crippen molar-refractivity contribution < 1.29 is 14.3 Å². The summed E-state index contributed by atoms with van der Waals surface area (Å²) in [5.41, 5.74) is 1.83. The highest BCUT2D eigenvalue weighted by Crippen LogP contribution is 2.40. The second kappa shape index (κ2) is 6.65. The Balaban J connectivity index is 1.98. The second-order valence-corrected chi connectivity index (χ2v) is 6.39. The van der Waals surface area contributed by atoms with Crippen molar-refractivity contribution in [1.29, 1.82) is 0 Å². The maximum atomic E-state index is 11.2. The summed E-state index contributed by atoms with van der Waals surface area (Å²) in [6.45, 7) is 0. The van der Waals surface area contributed by atoms with Crippen LogP contribution in [0.4, 0.5) is 0 Å². The molecule has 0 aromatic heterocycles. The molecule has 4 rings (SSSR count). The molecule has 26 heavy (non-hydrogen) atoms. The van der Waals surface area contributed by atoms with Gasteiger partial charge in [-0.3, -0.25) is 9.59 Å². The minimum Gasteiger partial charge on any atom is -0.440 e. The first-order chi connectivity index (χ1) is 12.7. The van der Waals surface area contributed by atoms with Crippen molar-refractivity contribution in [3.8, 4) is 5.75 Å². The molecule has 1 heterocycles. The summed E-state index contributed by atoms with van der Waals surface area (Å²) in [4.78, 5) is 22.4. The molecule has 1 aliphatic heterocycles. The van der Waals surface area contributed by atoms with Gasteiger partial charge in [0.2, 0.25) is 5.88 Å². The Morgan fingerprint density at radius 3 is 2.42 bits per heavy atom. The van der Waals surface area contributed by atoms with E-state index in [0.717, 1.165) is 21.9 Å². The third-order valence-corrected chi connectivity index (χ3v) is 4.68. The molecule has 1 aliphatic rings. The highest BCUT2D eigenvalue weighted by Gasteiger charge is 2.29. The van der Waals surface area contributed by atoms with Crippen LogP contribution in [0.5, 0.6) is 5.75 Å². The van der Waals surface area contributed by atoms with E-state index in [1.54, 1.807) is 0 Å². The van der Waals surface area contributed by atoms with Crippen LogP contribution in [0.2, 0.25) is 5.02 Å². The zero-order chi connectivity index (χ0) is 18.1. The fourth-order valence-electron chi connectivity index (χ4n) is 3.19. The number of hydrogen-bond donors (Lipinski definition) is 1.